The standard InChI is InChI=1S/C21H16ClF3N2O2S/c22-16-11-18(27-7-1-2-8-27)17(10-15(16)21(23,24)25)26-30-19-9-13(20(28)29)5-6-14(19)12-3-4-12/h1-2,5-12,26H,3-4H2,(H,28,29). The highest BCUT2D eigenvalue weighted by Gasteiger charge is 2.34. The van der Waals surface area contributed by atoms with Crippen LogP contribution in [-0.2, 0) is 6.18 Å². The summed E-state index contributed by atoms with van der Waals surface area (Å²) in [4.78, 5) is 12.0. The lowest BCUT2D eigenvalue weighted by Crippen LogP contribution is -2.08. The fourth-order valence-corrected chi connectivity index (χ4v) is 4.35. The molecule has 2 aromatic carbocycles. The molecule has 1 aliphatic rings. The monoisotopic (exact) mass is 452 g/mol. The Morgan fingerprint density at radius 3 is 2.47 bits per heavy atom. The van der Waals surface area contributed by atoms with Gasteiger partial charge in [0, 0.05) is 17.3 Å². The molecule has 0 spiro atoms. The Kier molecular flexibility index (Phi) is 5.46. The van der Waals surface area contributed by atoms with Crippen molar-refractivity contribution in [2.24, 2.45) is 0 Å². The molecular formula is C21H16ClF3N2O2S. The molecule has 0 saturated heterocycles. The summed E-state index contributed by atoms with van der Waals surface area (Å²) >= 11 is 7.02. The number of carbonyl (C=O) groups is 1. The molecule has 4 rings (SSSR count). The second-order valence-corrected chi connectivity index (χ2v) is 8.23. The summed E-state index contributed by atoms with van der Waals surface area (Å²) in [5.41, 5.74) is 0.847. The van der Waals surface area contributed by atoms with Gasteiger partial charge < -0.3 is 14.4 Å². The summed E-state index contributed by atoms with van der Waals surface area (Å²) in [5.74, 6) is -0.713. The number of hydrogen-bond donors (Lipinski definition) is 2. The molecule has 2 N–H and O–H groups in total. The summed E-state index contributed by atoms with van der Waals surface area (Å²) in [7, 11) is 0. The van der Waals surface area contributed by atoms with Gasteiger partial charge in [0.2, 0.25) is 0 Å². The van der Waals surface area contributed by atoms with Gasteiger partial charge in [-0.05, 0) is 72.7 Å². The van der Waals surface area contributed by atoms with Crippen molar-refractivity contribution >= 4 is 35.2 Å². The van der Waals surface area contributed by atoms with Crippen LogP contribution in [0, 0.1) is 0 Å². The van der Waals surface area contributed by atoms with Gasteiger partial charge in [0.1, 0.15) is 0 Å². The molecule has 1 fully saturated rings. The smallest absolute Gasteiger partial charge is 0.417 e. The maximum absolute atomic E-state index is 13.4. The highest BCUT2D eigenvalue weighted by molar-refractivity contribution is 8.00. The van der Waals surface area contributed by atoms with E-state index in [0.29, 0.717) is 16.5 Å². The first-order valence-electron chi connectivity index (χ1n) is 9.08. The van der Waals surface area contributed by atoms with Crippen LogP contribution >= 0.6 is 23.5 Å². The number of benzene rings is 2. The molecule has 1 saturated carbocycles. The van der Waals surface area contributed by atoms with Crippen molar-refractivity contribution in [3.63, 3.8) is 0 Å². The fraction of sp³-hybridized carbons (Fsp3) is 0.190. The molecule has 0 atom stereocenters. The van der Waals surface area contributed by atoms with Crippen molar-refractivity contribution in [1.29, 1.82) is 0 Å². The SMILES string of the molecule is O=C(O)c1ccc(C2CC2)c(SNc2cc(C(F)(F)F)c(Cl)cc2-n2cccc2)c1. The zero-order chi connectivity index (χ0) is 21.5. The van der Waals surface area contributed by atoms with E-state index >= 15 is 0 Å². The lowest BCUT2D eigenvalue weighted by Gasteiger charge is -2.18. The number of nitrogens with zero attached hydrogens (tertiary/aromatic N) is 1. The van der Waals surface area contributed by atoms with E-state index in [4.69, 9.17) is 11.6 Å². The number of hydrogen-bond acceptors (Lipinski definition) is 3. The van der Waals surface area contributed by atoms with Crippen molar-refractivity contribution in [3.8, 4) is 5.69 Å². The molecule has 1 aromatic heterocycles. The van der Waals surface area contributed by atoms with E-state index in [0.717, 1.165) is 36.4 Å². The van der Waals surface area contributed by atoms with Crippen LogP contribution in [0.3, 0.4) is 0 Å². The van der Waals surface area contributed by atoms with Gasteiger partial charge in [0.15, 0.2) is 0 Å². The van der Waals surface area contributed by atoms with Crippen molar-refractivity contribution in [2.45, 2.75) is 29.8 Å². The van der Waals surface area contributed by atoms with Crippen LogP contribution in [-0.4, -0.2) is 15.6 Å². The topological polar surface area (TPSA) is 54.3 Å². The van der Waals surface area contributed by atoms with Gasteiger partial charge in [-0.3, -0.25) is 0 Å². The third kappa shape index (κ3) is 4.29. The van der Waals surface area contributed by atoms with Crippen molar-refractivity contribution in [3.05, 3.63) is 76.6 Å². The number of nitrogens with one attached hydrogen (secondary N) is 1. The number of carboxylic acids is 1. The van der Waals surface area contributed by atoms with Crippen LogP contribution in [0.15, 0.2) is 59.8 Å². The van der Waals surface area contributed by atoms with Crippen LogP contribution in [0.25, 0.3) is 5.69 Å². The van der Waals surface area contributed by atoms with Crippen LogP contribution in [0.4, 0.5) is 18.9 Å². The summed E-state index contributed by atoms with van der Waals surface area (Å²) in [6.45, 7) is 0. The first kappa shape index (κ1) is 20.7. The number of halogens is 4. The van der Waals surface area contributed by atoms with Gasteiger partial charge in [-0.2, -0.15) is 13.2 Å². The maximum Gasteiger partial charge on any atom is 0.417 e. The minimum Gasteiger partial charge on any atom is -0.478 e. The molecule has 1 aliphatic carbocycles. The number of aromatic carboxylic acids is 1. The predicted molar refractivity (Wildman–Crippen MR) is 111 cm³/mol. The van der Waals surface area contributed by atoms with Gasteiger partial charge in [0.25, 0.3) is 0 Å². The molecular weight excluding hydrogens is 437 g/mol. The van der Waals surface area contributed by atoms with E-state index in [1.165, 1.54) is 6.07 Å². The average Bonchev–Trinajstić information content (AvgIpc) is 3.39. The molecule has 9 heteroatoms. The van der Waals surface area contributed by atoms with Crippen LogP contribution in [0.5, 0.6) is 0 Å². The first-order chi connectivity index (χ1) is 14.2. The second-order valence-electron chi connectivity index (χ2n) is 6.97. The third-order valence-electron chi connectivity index (χ3n) is 4.82. The van der Waals surface area contributed by atoms with Crippen LogP contribution in [0.1, 0.15) is 40.2 Å². The number of alkyl halides is 3. The Hall–Kier alpha value is -2.58. The van der Waals surface area contributed by atoms with E-state index < -0.39 is 22.7 Å². The van der Waals surface area contributed by atoms with Gasteiger partial charge in [-0.15, -0.1) is 0 Å². The molecule has 0 unspecified atom stereocenters. The van der Waals surface area contributed by atoms with Crippen molar-refractivity contribution < 1.29 is 23.1 Å². The molecule has 0 radical (unpaired) electrons. The Bertz CT molecular complexity index is 1100. The van der Waals surface area contributed by atoms with E-state index in [1.54, 1.807) is 47.3 Å². The Balaban J connectivity index is 1.72. The predicted octanol–water partition coefficient (Wildman–Crippen LogP) is 6.84. The summed E-state index contributed by atoms with van der Waals surface area (Å²) in [6, 6.07) is 10.6. The lowest BCUT2D eigenvalue weighted by atomic mass is 10.1. The maximum atomic E-state index is 13.4. The average molecular weight is 453 g/mol. The summed E-state index contributed by atoms with van der Waals surface area (Å²) < 4.78 is 44.8. The van der Waals surface area contributed by atoms with E-state index in [-0.39, 0.29) is 11.3 Å². The lowest BCUT2D eigenvalue weighted by molar-refractivity contribution is -0.137. The number of anilines is 1. The van der Waals surface area contributed by atoms with Crippen molar-refractivity contribution in [1.82, 2.24) is 4.57 Å². The number of aromatic nitrogens is 1. The minimum absolute atomic E-state index is 0.126. The summed E-state index contributed by atoms with van der Waals surface area (Å²) in [5, 5.41) is 8.90. The molecule has 0 aliphatic heterocycles. The van der Waals surface area contributed by atoms with Crippen molar-refractivity contribution in [2.75, 3.05) is 4.72 Å². The van der Waals surface area contributed by atoms with E-state index in [1.807, 2.05) is 0 Å². The molecule has 156 valence electrons. The van der Waals surface area contributed by atoms with E-state index in [2.05, 4.69) is 4.72 Å². The molecule has 30 heavy (non-hydrogen) atoms. The second kappa shape index (κ2) is 7.92. The summed E-state index contributed by atoms with van der Waals surface area (Å²) in [6.07, 6.45) is 0.822. The minimum atomic E-state index is -4.60. The number of carboxylic acid groups (broad SMARTS) is 1. The Morgan fingerprint density at radius 2 is 1.87 bits per heavy atom. The quantitative estimate of drug-likeness (QED) is 0.402. The largest absolute Gasteiger partial charge is 0.478 e. The molecule has 3 aromatic rings. The zero-order valence-corrected chi connectivity index (χ0v) is 17.0. The zero-order valence-electron chi connectivity index (χ0n) is 15.4. The van der Waals surface area contributed by atoms with Gasteiger partial charge >= 0.3 is 12.1 Å². The van der Waals surface area contributed by atoms with Gasteiger partial charge in [0.05, 0.1) is 27.5 Å². The Labute approximate surface area is 179 Å². The van der Waals surface area contributed by atoms with Crippen LogP contribution in [0.2, 0.25) is 5.02 Å². The molecule has 0 bridgehead atoms. The van der Waals surface area contributed by atoms with E-state index in [9.17, 15) is 23.1 Å². The van der Waals surface area contributed by atoms with Gasteiger partial charge in [-0.1, -0.05) is 17.7 Å². The highest BCUT2D eigenvalue weighted by atomic mass is 35.5. The van der Waals surface area contributed by atoms with Gasteiger partial charge in [-0.25, -0.2) is 4.79 Å². The molecule has 0 amide bonds. The normalized spacial score (nSPS) is 14.0. The first-order valence-corrected chi connectivity index (χ1v) is 10.3. The Morgan fingerprint density at radius 1 is 1.17 bits per heavy atom. The molecule has 1 heterocycles. The fourth-order valence-electron chi connectivity index (χ4n) is 3.17. The molecule has 4 nitrogen and oxygen atoms in total. The number of rotatable bonds is 6. The third-order valence-corrected chi connectivity index (χ3v) is 6.03. The highest BCUT2D eigenvalue weighted by Crippen LogP contribution is 2.45. The van der Waals surface area contributed by atoms with Crippen LogP contribution < -0.4 is 4.72 Å².